The molecule has 0 saturated carbocycles. The number of rotatable bonds is 5. The summed E-state index contributed by atoms with van der Waals surface area (Å²) >= 11 is 13.6. The van der Waals surface area contributed by atoms with Gasteiger partial charge in [0.25, 0.3) is 0 Å². The summed E-state index contributed by atoms with van der Waals surface area (Å²) in [5, 5.41) is 20.4. The first kappa shape index (κ1) is 21.3. The third-order valence-corrected chi connectivity index (χ3v) is 5.74. The number of hydrogen-bond acceptors (Lipinski definition) is 5. The molecule has 0 aliphatic carbocycles. The lowest BCUT2D eigenvalue weighted by molar-refractivity contribution is 0.259. The summed E-state index contributed by atoms with van der Waals surface area (Å²) in [7, 11) is 0. The van der Waals surface area contributed by atoms with Gasteiger partial charge < -0.3 is 11.5 Å². The van der Waals surface area contributed by atoms with E-state index in [4.69, 9.17) is 40.1 Å². The zero-order valence-electron chi connectivity index (χ0n) is 15.1. The molecule has 0 radical (unpaired) electrons. The molecule has 6 N–H and O–H groups in total. The Hall–Kier alpha value is -3.45. The fourth-order valence-electron chi connectivity index (χ4n) is 2.77. The number of primary amides is 1. The second-order valence-electron chi connectivity index (χ2n) is 5.81. The Kier molecular flexibility index (Phi) is 6.32. The van der Waals surface area contributed by atoms with Crippen molar-refractivity contribution >= 4 is 58.6 Å². The van der Waals surface area contributed by atoms with Gasteiger partial charge in [0.05, 0.1) is 15.3 Å². The highest BCUT2D eigenvalue weighted by atomic mass is 35.5. The summed E-state index contributed by atoms with van der Waals surface area (Å²) in [5.74, 6) is 0.286. The second-order valence-corrected chi connectivity index (χ2v) is 7.67. The van der Waals surface area contributed by atoms with Crippen molar-refractivity contribution < 1.29 is 4.79 Å². The zero-order chi connectivity index (χ0) is 21.8. The molecule has 2 heterocycles. The van der Waals surface area contributed by atoms with Crippen molar-refractivity contribution in [2.24, 2.45) is 16.5 Å². The quantitative estimate of drug-likeness (QED) is 0.329. The standard InChI is InChI=1S/C19H13Cl2N7OS/c20-10-1-2-11(13(21)6-10)15-12(7-22)16(30-17(15)18(24)27-8-23)9-3-4-26-14(5-9)28-19(25)29/h1-6,8H,(H3,23,24,27)(H3,25,26,28,29). The average molecular weight is 458 g/mol. The molecule has 0 aliphatic heterocycles. The largest absolute Gasteiger partial charge is 0.382 e. The molecule has 2 amide bonds. The molecule has 0 saturated heterocycles. The molecule has 0 unspecified atom stereocenters. The van der Waals surface area contributed by atoms with E-state index in [-0.39, 0.29) is 11.7 Å². The minimum Gasteiger partial charge on any atom is -0.382 e. The van der Waals surface area contributed by atoms with E-state index in [1.54, 1.807) is 30.3 Å². The average Bonchev–Trinajstić information content (AvgIpc) is 3.07. The first-order chi connectivity index (χ1) is 14.3. The number of pyridine rings is 1. The number of nitriles is 1. The van der Waals surface area contributed by atoms with E-state index in [0.29, 0.717) is 42.1 Å². The van der Waals surface area contributed by atoms with Crippen LogP contribution >= 0.6 is 34.5 Å². The van der Waals surface area contributed by atoms with Crippen molar-refractivity contribution in [3.05, 3.63) is 57.0 Å². The highest BCUT2D eigenvalue weighted by Gasteiger charge is 2.24. The highest BCUT2D eigenvalue weighted by molar-refractivity contribution is 7.18. The van der Waals surface area contributed by atoms with Crippen molar-refractivity contribution in [2.45, 2.75) is 0 Å². The molecular formula is C19H13Cl2N7OS. The van der Waals surface area contributed by atoms with E-state index in [9.17, 15) is 10.1 Å². The van der Waals surface area contributed by atoms with Gasteiger partial charge in [-0.25, -0.2) is 14.8 Å². The highest BCUT2D eigenvalue weighted by Crippen LogP contribution is 2.44. The Labute approximate surface area is 185 Å². The van der Waals surface area contributed by atoms with Crippen LogP contribution < -0.4 is 16.8 Å². The third kappa shape index (κ3) is 4.26. The van der Waals surface area contributed by atoms with Crippen LogP contribution in [0.5, 0.6) is 0 Å². The number of aromatic nitrogens is 1. The Bertz CT molecular complexity index is 1230. The van der Waals surface area contributed by atoms with Gasteiger partial charge in [-0.3, -0.25) is 10.7 Å². The van der Waals surface area contributed by atoms with Gasteiger partial charge in [-0.2, -0.15) is 5.26 Å². The summed E-state index contributed by atoms with van der Waals surface area (Å²) in [6.07, 6.45) is 2.29. The van der Waals surface area contributed by atoms with Crippen LogP contribution in [0.4, 0.5) is 10.6 Å². The fourth-order valence-corrected chi connectivity index (χ4v) is 4.44. The summed E-state index contributed by atoms with van der Waals surface area (Å²) in [6.45, 7) is 0. The number of benzene rings is 1. The smallest absolute Gasteiger partial charge is 0.317 e. The van der Waals surface area contributed by atoms with Gasteiger partial charge in [0.15, 0.2) is 0 Å². The lowest BCUT2D eigenvalue weighted by Crippen LogP contribution is -2.19. The van der Waals surface area contributed by atoms with Gasteiger partial charge in [-0.05, 0) is 29.8 Å². The van der Waals surface area contributed by atoms with Crippen LogP contribution in [0.3, 0.4) is 0 Å². The monoisotopic (exact) mass is 457 g/mol. The summed E-state index contributed by atoms with van der Waals surface area (Å²) in [5.41, 5.74) is 13.2. The van der Waals surface area contributed by atoms with E-state index >= 15 is 0 Å². The van der Waals surface area contributed by atoms with Crippen LogP contribution in [0, 0.1) is 16.7 Å². The molecule has 3 aromatic rings. The first-order valence-corrected chi connectivity index (χ1v) is 9.80. The van der Waals surface area contributed by atoms with Gasteiger partial charge in [0.1, 0.15) is 24.1 Å². The number of nitrogens with two attached hydrogens (primary N) is 2. The zero-order valence-corrected chi connectivity index (χ0v) is 17.4. The SMILES string of the molecule is N#Cc1c(-c2ccnc(NC(N)=O)c2)sc(C(N)=NC=N)c1-c1ccc(Cl)cc1Cl. The molecule has 0 bridgehead atoms. The first-order valence-electron chi connectivity index (χ1n) is 8.23. The maximum absolute atomic E-state index is 11.2. The number of urea groups is 1. The molecule has 8 nitrogen and oxygen atoms in total. The maximum Gasteiger partial charge on any atom is 0.317 e. The Morgan fingerprint density at radius 2 is 2.07 bits per heavy atom. The molecule has 0 atom stereocenters. The van der Waals surface area contributed by atoms with Crippen LogP contribution in [0.1, 0.15) is 10.4 Å². The van der Waals surface area contributed by atoms with Crippen molar-refractivity contribution in [3.63, 3.8) is 0 Å². The van der Waals surface area contributed by atoms with Crippen LogP contribution in [0.25, 0.3) is 21.6 Å². The summed E-state index contributed by atoms with van der Waals surface area (Å²) in [4.78, 5) is 20.1. The van der Waals surface area contributed by atoms with Gasteiger partial charge in [-0.1, -0.05) is 29.3 Å². The van der Waals surface area contributed by atoms with Gasteiger partial charge in [0.2, 0.25) is 0 Å². The fraction of sp³-hybridized carbons (Fsp3) is 0. The molecule has 2 aromatic heterocycles. The molecule has 30 heavy (non-hydrogen) atoms. The van der Waals surface area contributed by atoms with Crippen molar-refractivity contribution in [1.82, 2.24) is 4.98 Å². The van der Waals surface area contributed by atoms with Crippen molar-refractivity contribution in [3.8, 4) is 27.6 Å². The number of amides is 2. The number of carbonyl (C=O) groups is 1. The number of carbonyl (C=O) groups excluding carboxylic acids is 1. The van der Waals surface area contributed by atoms with Gasteiger partial charge in [-0.15, -0.1) is 11.3 Å². The maximum atomic E-state index is 11.2. The van der Waals surface area contributed by atoms with Gasteiger partial charge >= 0.3 is 6.03 Å². The number of amidine groups is 1. The lowest BCUT2D eigenvalue weighted by Gasteiger charge is -2.07. The Balaban J connectivity index is 2.31. The molecule has 0 spiro atoms. The molecule has 3 rings (SSSR count). The van der Waals surface area contributed by atoms with E-state index < -0.39 is 6.03 Å². The lowest BCUT2D eigenvalue weighted by atomic mass is 9.98. The number of nitrogens with zero attached hydrogens (tertiary/aromatic N) is 3. The van der Waals surface area contributed by atoms with E-state index in [0.717, 1.165) is 6.34 Å². The van der Waals surface area contributed by atoms with Crippen LogP contribution in [-0.4, -0.2) is 23.2 Å². The molecule has 11 heteroatoms. The third-order valence-electron chi connectivity index (χ3n) is 3.93. The van der Waals surface area contributed by atoms with E-state index in [1.165, 1.54) is 17.5 Å². The van der Waals surface area contributed by atoms with Crippen LogP contribution in [0.15, 0.2) is 41.5 Å². The molecular weight excluding hydrogens is 445 g/mol. The van der Waals surface area contributed by atoms with E-state index in [2.05, 4.69) is 21.4 Å². The molecule has 0 fully saturated rings. The van der Waals surface area contributed by atoms with Crippen LogP contribution in [0.2, 0.25) is 10.0 Å². The topological polar surface area (TPSA) is 154 Å². The number of aliphatic imine (C=N–C) groups is 1. The minimum absolute atomic E-state index is 0.0586. The minimum atomic E-state index is -0.761. The number of halogens is 2. The Morgan fingerprint density at radius 3 is 2.70 bits per heavy atom. The van der Waals surface area contributed by atoms with Gasteiger partial charge in [0, 0.05) is 27.4 Å². The number of hydrogen-bond donors (Lipinski definition) is 4. The number of nitrogens with one attached hydrogen (secondary N) is 2. The summed E-state index contributed by atoms with van der Waals surface area (Å²) < 4.78 is 0. The van der Waals surface area contributed by atoms with Crippen molar-refractivity contribution in [2.75, 3.05) is 5.32 Å². The Morgan fingerprint density at radius 1 is 1.30 bits per heavy atom. The summed E-state index contributed by atoms with van der Waals surface area (Å²) in [6, 6.07) is 9.60. The van der Waals surface area contributed by atoms with Crippen LogP contribution in [-0.2, 0) is 0 Å². The molecule has 0 aliphatic rings. The number of anilines is 1. The normalized spacial score (nSPS) is 11.0. The second kappa shape index (κ2) is 8.92. The molecule has 1 aromatic carbocycles. The predicted octanol–water partition coefficient (Wildman–Crippen LogP) is 4.46. The predicted molar refractivity (Wildman–Crippen MR) is 120 cm³/mol. The molecule has 150 valence electrons. The van der Waals surface area contributed by atoms with E-state index in [1.807, 2.05) is 0 Å². The number of thiophene rings is 1. The van der Waals surface area contributed by atoms with Crippen molar-refractivity contribution in [1.29, 1.82) is 10.7 Å².